The van der Waals surface area contributed by atoms with Crippen molar-refractivity contribution in [1.82, 2.24) is 5.32 Å². The van der Waals surface area contributed by atoms with Crippen molar-refractivity contribution in [3.05, 3.63) is 51.7 Å². The molecule has 0 spiro atoms. The molecule has 1 atom stereocenters. The molecule has 1 heterocycles. The van der Waals surface area contributed by atoms with E-state index in [0.717, 1.165) is 11.8 Å². The Morgan fingerprint density at radius 3 is 2.66 bits per heavy atom. The molecule has 7 nitrogen and oxygen atoms in total. The molecule has 0 saturated heterocycles. The predicted molar refractivity (Wildman–Crippen MR) is 101 cm³/mol. The summed E-state index contributed by atoms with van der Waals surface area (Å²) in [7, 11) is 1.17. The van der Waals surface area contributed by atoms with Gasteiger partial charge in [-0.05, 0) is 13.0 Å². The van der Waals surface area contributed by atoms with Crippen LogP contribution in [0.25, 0.3) is 0 Å². The van der Waals surface area contributed by atoms with Gasteiger partial charge in [-0.3, -0.25) is 4.79 Å². The van der Waals surface area contributed by atoms with Gasteiger partial charge in [0.05, 0.1) is 41.7 Å². The van der Waals surface area contributed by atoms with E-state index in [2.05, 4.69) is 10.1 Å². The Hall–Kier alpha value is -3.06. The monoisotopic (exact) mass is 424 g/mol. The standard InChI is InChI=1S/C19H18F2N2O5S/c1-10-15(18(26)27-2)16(11-5-3-4-6-13(11)28-19(20)21)12(9-22)17(23-10)29-8-7-14(24)25/h3-6,16,19,23H,7-8H2,1-2H3,(H,24,25). The van der Waals surface area contributed by atoms with Gasteiger partial charge in [-0.2, -0.15) is 14.0 Å². The van der Waals surface area contributed by atoms with E-state index < -0.39 is 24.5 Å². The summed E-state index contributed by atoms with van der Waals surface area (Å²) >= 11 is 1.09. The number of para-hydroxylation sites is 1. The zero-order valence-corrected chi connectivity index (χ0v) is 16.4. The van der Waals surface area contributed by atoms with E-state index in [9.17, 15) is 23.6 Å². The largest absolute Gasteiger partial charge is 0.481 e. The fourth-order valence-electron chi connectivity index (χ4n) is 2.88. The van der Waals surface area contributed by atoms with E-state index >= 15 is 0 Å². The first-order valence-corrected chi connectivity index (χ1v) is 9.37. The average Bonchev–Trinajstić information content (AvgIpc) is 2.66. The summed E-state index contributed by atoms with van der Waals surface area (Å²) in [4.78, 5) is 23.2. The fourth-order valence-corrected chi connectivity index (χ4v) is 3.91. The van der Waals surface area contributed by atoms with E-state index in [0.29, 0.717) is 10.7 Å². The van der Waals surface area contributed by atoms with Gasteiger partial charge in [0.25, 0.3) is 0 Å². The number of esters is 1. The molecule has 0 aromatic heterocycles. The lowest BCUT2D eigenvalue weighted by atomic mass is 9.82. The van der Waals surface area contributed by atoms with Gasteiger partial charge in [0.2, 0.25) is 0 Å². The van der Waals surface area contributed by atoms with E-state index in [1.807, 2.05) is 6.07 Å². The second kappa shape index (κ2) is 9.93. The van der Waals surface area contributed by atoms with Crippen LogP contribution >= 0.6 is 11.8 Å². The molecule has 29 heavy (non-hydrogen) atoms. The number of hydrogen-bond donors (Lipinski definition) is 2. The number of allylic oxidation sites excluding steroid dienone is 2. The van der Waals surface area contributed by atoms with Gasteiger partial charge in [0, 0.05) is 17.0 Å². The van der Waals surface area contributed by atoms with Crippen molar-refractivity contribution in [3.63, 3.8) is 0 Å². The molecule has 0 bridgehead atoms. The molecule has 1 aliphatic heterocycles. The fraction of sp³-hybridized carbons (Fsp3) is 0.316. The molecule has 0 saturated carbocycles. The zero-order valence-electron chi connectivity index (χ0n) is 15.6. The van der Waals surface area contributed by atoms with Crippen LogP contribution in [0.1, 0.15) is 24.8 Å². The summed E-state index contributed by atoms with van der Waals surface area (Å²) in [5.41, 5.74) is 0.723. The van der Waals surface area contributed by atoms with E-state index in [-0.39, 0.29) is 34.6 Å². The van der Waals surface area contributed by atoms with Crippen LogP contribution in [0.3, 0.4) is 0 Å². The minimum absolute atomic E-state index is 0.0803. The van der Waals surface area contributed by atoms with Gasteiger partial charge in [-0.1, -0.05) is 18.2 Å². The van der Waals surface area contributed by atoms with Gasteiger partial charge in [-0.15, -0.1) is 11.8 Å². The number of carboxylic acids is 1. The second-order valence-electron chi connectivity index (χ2n) is 5.85. The first kappa shape index (κ1) is 22.2. The normalized spacial score (nSPS) is 16.3. The third-order valence-electron chi connectivity index (χ3n) is 4.06. The SMILES string of the molecule is COC(=O)C1=C(C)NC(SCCC(=O)O)=C(C#N)C1c1ccccc1OC(F)F. The zero-order chi connectivity index (χ0) is 21.6. The van der Waals surface area contributed by atoms with Crippen molar-refractivity contribution in [2.75, 3.05) is 12.9 Å². The second-order valence-corrected chi connectivity index (χ2v) is 6.96. The maximum Gasteiger partial charge on any atom is 0.387 e. The average molecular weight is 424 g/mol. The number of benzene rings is 1. The number of carbonyl (C=O) groups is 2. The highest BCUT2D eigenvalue weighted by molar-refractivity contribution is 8.03. The first-order valence-electron chi connectivity index (χ1n) is 8.38. The lowest BCUT2D eigenvalue weighted by Crippen LogP contribution is -2.29. The number of rotatable bonds is 8. The molecule has 1 aromatic rings. The Bertz CT molecular complexity index is 908. The molecule has 0 aliphatic carbocycles. The minimum atomic E-state index is -3.09. The Kier molecular flexibility index (Phi) is 7.61. The molecule has 1 unspecified atom stereocenters. The molecule has 10 heteroatoms. The van der Waals surface area contributed by atoms with Gasteiger partial charge in [0.1, 0.15) is 5.75 Å². The van der Waals surface area contributed by atoms with Crippen LogP contribution in [0, 0.1) is 11.3 Å². The third kappa shape index (κ3) is 5.26. The number of hydrogen-bond acceptors (Lipinski definition) is 7. The number of nitrogens with one attached hydrogen (secondary N) is 1. The molecular weight excluding hydrogens is 406 g/mol. The van der Waals surface area contributed by atoms with Crippen molar-refractivity contribution in [1.29, 1.82) is 5.26 Å². The summed E-state index contributed by atoms with van der Waals surface area (Å²) < 4.78 is 35.2. The highest BCUT2D eigenvalue weighted by atomic mass is 32.2. The molecule has 0 amide bonds. The molecule has 0 radical (unpaired) electrons. The summed E-state index contributed by atoms with van der Waals surface area (Å²) in [6.45, 7) is -1.51. The van der Waals surface area contributed by atoms with Crippen LogP contribution in [0.2, 0.25) is 0 Å². The van der Waals surface area contributed by atoms with Crippen molar-refractivity contribution in [2.45, 2.75) is 25.9 Å². The number of dihydropyridines is 1. The Labute approximate surface area is 170 Å². The summed E-state index contributed by atoms with van der Waals surface area (Å²) in [6.07, 6.45) is -0.142. The van der Waals surface area contributed by atoms with Gasteiger partial charge in [-0.25, -0.2) is 4.79 Å². The summed E-state index contributed by atoms with van der Waals surface area (Å²) in [5.74, 6) is -2.75. The van der Waals surface area contributed by atoms with Crippen LogP contribution in [0.4, 0.5) is 8.78 Å². The number of alkyl halides is 2. The number of methoxy groups -OCH3 is 1. The molecular formula is C19H18F2N2O5S. The van der Waals surface area contributed by atoms with Crippen molar-refractivity contribution >= 4 is 23.7 Å². The molecule has 2 N–H and O–H groups in total. The lowest BCUT2D eigenvalue weighted by Gasteiger charge is -2.30. The van der Waals surface area contributed by atoms with Crippen LogP contribution in [-0.2, 0) is 14.3 Å². The Morgan fingerprint density at radius 1 is 1.38 bits per heavy atom. The van der Waals surface area contributed by atoms with Crippen LogP contribution < -0.4 is 10.1 Å². The van der Waals surface area contributed by atoms with Gasteiger partial charge in [0.15, 0.2) is 0 Å². The smallest absolute Gasteiger partial charge is 0.387 e. The highest BCUT2D eigenvalue weighted by Gasteiger charge is 2.37. The van der Waals surface area contributed by atoms with Crippen molar-refractivity contribution < 1.29 is 33.0 Å². The molecule has 154 valence electrons. The number of carboxylic acid groups (broad SMARTS) is 1. The minimum Gasteiger partial charge on any atom is -0.481 e. The van der Waals surface area contributed by atoms with Gasteiger partial charge < -0.3 is 19.9 Å². The lowest BCUT2D eigenvalue weighted by molar-refractivity contribution is -0.137. The van der Waals surface area contributed by atoms with E-state index in [4.69, 9.17) is 9.84 Å². The third-order valence-corrected chi connectivity index (χ3v) is 5.08. The number of ether oxygens (including phenoxy) is 2. The van der Waals surface area contributed by atoms with E-state index in [1.165, 1.54) is 25.3 Å². The molecule has 1 aromatic carbocycles. The van der Waals surface area contributed by atoms with Gasteiger partial charge >= 0.3 is 18.6 Å². The number of nitriles is 1. The summed E-state index contributed by atoms with van der Waals surface area (Å²) in [5, 5.41) is 21.9. The number of carbonyl (C=O) groups excluding carboxylic acids is 1. The number of aliphatic carboxylic acids is 1. The number of halogens is 2. The van der Waals surface area contributed by atoms with Crippen LogP contribution in [0.15, 0.2) is 46.1 Å². The highest BCUT2D eigenvalue weighted by Crippen LogP contribution is 2.44. The van der Waals surface area contributed by atoms with Crippen molar-refractivity contribution in [3.8, 4) is 11.8 Å². The molecule has 2 rings (SSSR count). The number of thioether (sulfide) groups is 1. The maximum atomic E-state index is 12.9. The first-order chi connectivity index (χ1) is 13.8. The topological polar surface area (TPSA) is 109 Å². The molecule has 1 aliphatic rings. The van der Waals surface area contributed by atoms with Crippen molar-refractivity contribution in [2.24, 2.45) is 0 Å². The Balaban J connectivity index is 2.61. The quantitative estimate of drug-likeness (QED) is 0.612. The van der Waals surface area contributed by atoms with E-state index in [1.54, 1.807) is 13.0 Å². The molecule has 0 fully saturated rings. The summed E-state index contributed by atoms with van der Waals surface area (Å²) in [6, 6.07) is 7.89. The predicted octanol–water partition coefficient (Wildman–Crippen LogP) is 3.36. The number of nitrogens with zero attached hydrogens (tertiary/aromatic N) is 1. The maximum absolute atomic E-state index is 12.9. The van der Waals surface area contributed by atoms with Crippen LogP contribution in [-0.4, -0.2) is 36.5 Å². The Morgan fingerprint density at radius 2 is 2.07 bits per heavy atom. The van der Waals surface area contributed by atoms with Crippen LogP contribution in [0.5, 0.6) is 5.75 Å².